The Balaban J connectivity index is 1.41. The van der Waals surface area contributed by atoms with Crippen LogP contribution in [0.15, 0.2) is 30.7 Å². The molecule has 0 unspecified atom stereocenters. The van der Waals surface area contributed by atoms with Gasteiger partial charge in [-0.2, -0.15) is 0 Å². The molecule has 1 fully saturated rings. The van der Waals surface area contributed by atoms with Crippen LogP contribution in [0.25, 0.3) is 10.9 Å². The molecular formula is C20H25N5O2. The minimum Gasteiger partial charge on any atom is -0.497 e. The number of piperidine rings is 1. The lowest BCUT2D eigenvalue weighted by Crippen LogP contribution is -2.39. The Morgan fingerprint density at radius 1 is 1.33 bits per heavy atom. The van der Waals surface area contributed by atoms with E-state index in [0.29, 0.717) is 12.3 Å². The van der Waals surface area contributed by atoms with Crippen molar-refractivity contribution in [3.8, 4) is 5.75 Å². The minimum atomic E-state index is 0.175. The van der Waals surface area contributed by atoms with Crippen LogP contribution >= 0.6 is 0 Å². The molecule has 27 heavy (non-hydrogen) atoms. The molecule has 4 rings (SSSR count). The monoisotopic (exact) mass is 367 g/mol. The largest absolute Gasteiger partial charge is 0.497 e. The van der Waals surface area contributed by atoms with Crippen molar-refractivity contribution in [1.82, 2.24) is 24.6 Å². The van der Waals surface area contributed by atoms with Crippen molar-refractivity contribution >= 4 is 16.8 Å². The zero-order valence-electron chi connectivity index (χ0n) is 15.8. The van der Waals surface area contributed by atoms with Gasteiger partial charge in [-0.1, -0.05) is 0 Å². The molecule has 0 saturated carbocycles. The first-order chi connectivity index (χ1) is 13.2. The van der Waals surface area contributed by atoms with E-state index in [2.05, 4.69) is 26.7 Å². The number of aromatic nitrogens is 4. The van der Waals surface area contributed by atoms with Gasteiger partial charge in [-0.15, -0.1) is 10.2 Å². The van der Waals surface area contributed by atoms with E-state index in [1.807, 2.05) is 29.3 Å². The molecule has 1 aliphatic heterocycles. The van der Waals surface area contributed by atoms with Crippen LogP contribution in [-0.4, -0.2) is 50.8 Å². The van der Waals surface area contributed by atoms with Crippen LogP contribution in [-0.2, 0) is 17.8 Å². The van der Waals surface area contributed by atoms with Gasteiger partial charge in [-0.25, -0.2) is 0 Å². The quantitative estimate of drug-likeness (QED) is 0.752. The number of ether oxygens (including phenoxy) is 1. The number of benzene rings is 1. The highest BCUT2D eigenvalue weighted by molar-refractivity contribution is 5.89. The zero-order valence-corrected chi connectivity index (χ0v) is 15.8. The molecule has 1 N–H and O–H groups in total. The Bertz CT molecular complexity index is 937. The van der Waals surface area contributed by atoms with Crippen LogP contribution < -0.4 is 4.74 Å². The number of rotatable bonds is 5. The summed E-state index contributed by atoms with van der Waals surface area (Å²) in [7, 11) is 1.65. The SMILES string of the molecule is CCn1cnnc1C1CCN(C(=O)Cc2c[nH]c3ccc(OC)cc23)CC1. The Kier molecular flexibility index (Phi) is 4.83. The second-order valence-electron chi connectivity index (χ2n) is 7.03. The Morgan fingerprint density at radius 3 is 2.89 bits per heavy atom. The van der Waals surface area contributed by atoms with E-state index < -0.39 is 0 Å². The molecule has 0 atom stereocenters. The van der Waals surface area contributed by atoms with Gasteiger partial charge in [0.05, 0.1) is 13.5 Å². The number of amides is 1. The lowest BCUT2D eigenvalue weighted by Gasteiger charge is -2.31. The van der Waals surface area contributed by atoms with Gasteiger partial charge < -0.3 is 19.2 Å². The fourth-order valence-electron chi connectivity index (χ4n) is 3.92. The molecule has 0 spiro atoms. The summed E-state index contributed by atoms with van der Waals surface area (Å²) in [5.41, 5.74) is 2.04. The summed E-state index contributed by atoms with van der Waals surface area (Å²) in [6.45, 7) is 4.52. The van der Waals surface area contributed by atoms with E-state index in [9.17, 15) is 4.79 Å². The number of hydrogen-bond donors (Lipinski definition) is 1. The minimum absolute atomic E-state index is 0.175. The first-order valence-electron chi connectivity index (χ1n) is 9.49. The van der Waals surface area contributed by atoms with Gasteiger partial charge >= 0.3 is 0 Å². The van der Waals surface area contributed by atoms with Gasteiger partial charge in [0, 0.05) is 42.7 Å². The van der Waals surface area contributed by atoms with Crippen molar-refractivity contribution in [2.24, 2.45) is 0 Å². The summed E-state index contributed by atoms with van der Waals surface area (Å²) in [5, 5.41) is 9.37. The van der Waals surface area contributed by atoms with Gasteiger partial charge in [-0.3, -0.25) is 4.79 Å². The highest BCUT2D eigenvalue weighted by atomic mass is 16.5. The van der Waals surface area contributed by atoms with E-state index >= 15 is 0 Å². The number of fused-ring (bicyclic) bond motifs is 1. The molecule has 3 heterocycles. The Labute approximate surface area is 158 Å². The summed E-state index contributed by atoms with van der Waals surface area (Å²) in [6.07, 6.45) is 6.00. The number of hydrogen-bond acceptors (Lipinski definition) is 4. The molecule has 1 amide bonds. The number of carbonyl (C=O) groups excluding carboxylic acids is 1. The number of nitrogens with zero attached hydrogens (tertiary/aromatic N) is 4. The van der Waals surface area contributed by atoms with Gasteiger partial charge in [0.2, 0.25) is 5.91 Å². The molecule has 142 valence electrons. The van der Waals surface area contributed by atoms with Crippen LogP contribution in [0.4, 0.5) is 0 Å². The third-order valence-corrected chi connectivity index (χ3v) is 5.52. The highest BCUT2D eigenvalue weighted by Crippen LogP contribution is 2.28. The molecule has 7 nitrogen and oxygen atoms in total. The smallest absolute Gasteiger partial charge is 0.227 e. The number of likely N-dealkylation sites (tertiary alicyclic amines) is 1. The van der Waals surface area contributed by atoms with Crippen molar-refractivity contribution in [2.75, 3.05) is 20.2 Å². The maximum absolute atomic E-state index is 12.8. The van der Waals surface area contributed by atoms with E-state index in [1.165, 1.54) is 0 Å². The molecular weight excluding hydrogens is 342 g/mol. The second-order valence-corrected chi connectivity index (χ2v) is 7.03. The zero-order chi connectivity index (χ0) is 18.8. The number of H-pyrrole nitrogens is 1. The summed E-state index contributed by atoms with van der Waals surface area (Å²) >= 11 is 0. The second kappa shape index (κ2) is 7.42. The lowest BCUT2D eigenvalue weighted by molar-refractivity contribution is -0.131. The molecule has 0 aliphatic carbocycles. The van der Waals surface area contributed by atoms with Gasteiger partial charge in [0.25, 0.3) is 0 Å². The molecule has 1 aromatic carbocycles. The van der Waals surface area contributed by atoms with Crippen LogP contribution in [0.1, 0.15) is 37.1 Å². The van der Waals surface area contributed by atoms with Crippen molar-refractivity contribution in [3.63, 3.8) is 0 Å². The molecule has 0 bridgehead atoms. The average Bonchev–Trinajstić information content (AvgIpc) is 3.34. The Morgan fingerprint density at radius 2 is 2.15 bits per heavy atom. The predicted molar refractivity (Wildman–Crippen MR) is 103 cm³/mol. The first kappa shape index (κ1) is 17.6. The normalized spacial score (nSPS) is 15.4. The standard InChI is InChI=1S/C20H25N5O2/c1-3-24-13-22-23-20(24)14-6-8-25(9-7-14)19(26)10-15-12-21-18-5-4-16(27-2)11-17(15)18/h4-5,11-14,21H,3,6-10H2,1-2H3. The van der Waals surface area contributed by atoms with E-state index in [4.69, 9.17) is 4.74 Å². The summed E-state index contributed by atoms with van der Waals surface area (Å²) in [5.74, 6) is 2.41. The summed E-state index contributed by atoms with van der Waals surface area (Å²) < 4.78 is 7.41. The number of carbonyl (C=O) groups is 1. The van der Waals surface area contributed by atoms with Gasteiger partial charge in [0.15, 0.2) is 0 Å². The van der Waals surface area contributed by atoms with Gasteiger partial charge in [-0.05, 0) is 43.5 Å². The fraction of sp³-hybridized carbons (Fsp3) is 0.450. The third kappa shape index (κ3) is 3.41. The van der Waals surface area contributed by atoms with Crippen molar-refractivity contribution in [3.05, 3.63) is 42.1 Å². The topological polar surface area (TPSA) is 76.0 Å². The number of aromatic amines is 1. The molecule has 1 saturated heterocycles. The van der Waals surface area contributed by atoms with E-state index in [-0.39, 0.29) is 5.91 Å². The number of methoxy groups -OCH3 is 1. The molecule has 1 aliphatic rings. The third-order valence-electron chi connectivity index (χ3n) is 5.52. The maximum atomic E-state index is 12.8. The van der Waals surface area contributed by atoms with E-state index in [1.54, 1.807) is 13.4 Å². The van der Waals surface area contributed by atoms with Crippen LogP contribution in [0.5, 0.6) is 5.75 Å². The maximum Gasteiger partial charge on any atom is 0.227 e. The molecule has 2 aromatic heterocycles. The van der Waals surface area contributed by atoms with E-state index in [0.717, 1.165) is 60.5 Å². The number of aryl methyl sites for hydroxylation is 1. The van der Waals surface area contributed by atoms with Crippen molar-refractivity contribution in [2.45, 2.75) is 38.6 Å². The van der Waals surface area contributed by atoms with Crippen LogP contribution in [0, 0.1) is 0 Å². The summed E-state index contributed by atoms with van der Waals surface area (Å²) in [4.78, 5) is 18.0. The molecule has 3 aromatic rings. The average molecular weight is 367 g/mol. The molecule has 0 radical (unpaired) electrons. The highest BCUT2D eigenvalue weighted by Gasteiger charge is 2.27. The fourth-order valence-corrected chi connectivity index (χ4v) is 3.92. The molecule has 7 heteroatoms. The Hall–Kier alpha value is -2.83. The van der Waals surface area contributed by atoms with Gasteiger partial charge in [0.1, 0.15) is 17.9 Å². The van der Waals surface area contributed by atoms with Crippen molar-refractivity contribution in [1.29, 1.82) is 0 Å². The first-order valence-corrected chi connectivity index (χ1v) is 9.49. The predicted octanol–water partition coefficient (Wildman–Crippen LogP) is 2.74. The van der Waals surface area contributed by atoms with Crippen LogP contribution in [0.2, 0.25) is 0 Å². The number of nitrogens with one attached hydrogen (secondary N) is 1. The van der Waals surface area contributed by atoms with Crippen LogP contribution in [0.3, 0.4) is 0 Å². The summed E-state index contributed by atoms with van der Waals surface area (Å²) in [6, 6.07) is 5.89. The van der Waals surface area contributed by atoms with Crippen molar-refractivity contribution < 1.29 is 9.53 Å². The lowest BCUT2D eigenvalue weighted by atomic mass is 9.95.